The SMILES string of the molecule is C[C@@H]1COCCN1c1cc(C#Cc2ccccc2S(C)(=O)=O)c(C=N)c(Nc2ccn[nH]2)n1. The first-order valence-electron chi connectivity index (χ1n) is 10.3. The van der Waals surface area contributed by atoms with Gasteiger partial charge in [0.15, 0.2) is 9.84 Å². The summed E-state index contributed by atoms with van der Waals surface area (Å²) in [4.78, 5) is 7.06. The van der Waals surface area contributed by atoms with Crippen LogP contribution in [0, 0.1) is 17.3 Å². The van der Waals surface area contributed by atoms with Gasteiger partial charge in [0.1, 0.15) is 17.5 Å². The highest BCUT2D eigenvalue weighted by atomic mass is 32.2. The molecule has 9 nitrogen and oxygen atoms in total. The van der Waals surface area contributed by atoms with Crippen LogP contribution in [0.2, 0.25) is 0 Å². The van der Waals surface area contributed by atoms with E-state index in [1.165, 1.54) is 12.3 Å². The van der Waals surface area contributed by atoms with Crippen molar-refractivity contribution in [3.8, 4) is 11.8 Å². The van der Waals surface area contributed by atoms with Crippen molar-refractivity contribution in [2.45, 2.75) is 17.9 Å². The minimum absolute atomic E-state index is 0.115. The largest absolute Gasteiger partial charge is 0.377 e. The van der Waals surface area contributed by atoms with Gasteiger partial charge in [0, 0.05) is 36.2 Å². The summed E-state index contributed by atoms with van der Waals surface area (Å²) in [7, 11) is -3.43. The number of rotatable bonds is 5. The highest BCUT2D eigenvalue weighted by Gasteiger charge is 2.22. The van der Waals surface area contributed by atoms with Crippen LogP contribution in [0.3, 0.4) is 0 Å². The molecule has 0 amide bonds. The maximum absolute atomic E-state index is 12.2. The standard InChI is InChI=1S/C23H24N6O3S/c1-16-15-32-12-11-29(16)22-13-18(8-7-17-5-3-4-6-20(17)33(2,30)31)19(14-24)23(27-22)26-21-9-10-25-28-21/h3-6,9-10,13-14,16,24H,11-12,15H2,1-2H3,(H2,25,26,27,28)/t16-/m1/s1. The molecule has 3 N–H and O–H groups in total. The second-order valence-electron chi connectivity index (χ2n) is 7.67. The van der Waals surface area contributed by atoms with Gasteiger partial charge >= 0.3 is 0 Å². The fourth-order valence-corrected chi connectivity index (χ4v) is 4.43. The summed E-state index contributed by atoms with van der Waals surface area (Å²) in [5, 5.41) is 18.0. The molecule has 10 heteroatoms. The van der Waals surface area contributed by atoms with Gasteiger partial charge in [-0.25, -0.2) is 13.4 Å². The summed E-state index contributed by atoms with van der Waals surface area (Å²) >= 11 is 0. The molecule has 0 spiro atoms. The summed E-state index contributed by atoms with van der Waals surface area (Å²) in [6.45, 7) is 3.90. The van der Waals surface area contributed by atoms with Gasteiger partial charge in [-0.15, -0.1) is 0 Å². The van der Waals surface area contributed by atoms with Crippen LogP contribution in [0.4, 0.5) is 17.5 Å². The maximum Gasteiger partial charge on any atom is 0.176 e. The molecule has 1 saturated heterocycles. The summed E-state index contributed by atoms with van der Waals surface area (Å²) < 4.78 is 29.9. The number of anilines is 3. The molecule has 1 aliphatic heterocycles. The summed E-state index contributed by atoms with van der Waals surface area (Å²) in [6.07, 6.45) is 3.96. The molecular weight excluding hydrogens is 440 g/mol. The average molecular weight is 465 g/mol. The molecule has 1 fully saturated rings. The Hall–Kier alpha value is -3.68. The molecule has 0 unspecified atom stereocenters. The molecule has 3 heterocycles. The van der Waals surface area contributed by atoms with E-state index in [9.17, 15) is 8.42 Å². The zero-order valence-electron chi connectivity index (χ0n) is 18.3. The van der Waals surface area contributed by atoms with Crippen LogP contribution >= 0.6 is 0 Å². The number of aromatic nitrogens is 3. The highest BCUT2D eigenvalue weighted by molar-refractivity contribution is 7.90. The molecule has 0 aliphatic carbocycles. The van der Waals surface area contributed by atoms with E-state index in [0.29, 0.717) is 53.9 Å². The number of aromatic amines is 1. The number of nitrogens with zero attached hydrogens (tertiary/aromatic N) is 3. The van der Waals surface area contributed by atoms with Gasteiger partial charge in [-0.3, -0.25) is 5.10 Å². The Balaban J connectivity index is 1.85. The van der Waals surface area contributed by atoms with Crippen molar-refractivity contribution in [1.82, 2.24) is 15.2 Å². The van der Waals surface area contributed by atoms with Crippen LogP contribution in [-0.2, 0) is 14.6 Å². The van der Waals surface area contributed by atoms with Gasteiger partial charge in [0.2, 0.25) is 0 Å². The molecule has 0 radical (unpaired) electrons. The third-order valence-electron chi connectivity index (χ3n) is 5.22. The number of sulfone groups is 1. The van der Waals surface area contributed by atoms with Gasteiger partial charge < -0.3 is 20.4 Å². The van der Waals surface area contributed by atoms with Crippen LogP contribution < -0.4 is 10.2 Å². The van der Waals surface area contributed by atoms with Gasteiger partial charge in [0.05, 0.1) is 35.9 Å². The number of hydrogen-bond acceptors (Lipinski definition) is 8. The van der Waals surface area contributed by atoms with Crippen molar-refractivity contribution in [3.05, 3.63) is 59.3 Å². The second kappa shape index (κ2) is 9.44. The molecule has 1 atom stereocenters. The smallest absolute Gasteiger partial charge is 0.176 e. The zero-order chi connectivity index (χ0) is 23.4. The lowest BCUT2D eigenvalue weighted by Gasteiger charge is -2.34. The van der Waals surface area contributed by atoms with E-state index in [0.717, 1.165) is 6.26 Å². The monoisotopic (exact) mass is 464 g/mol. The number of nitrogens with one attached hydrogen (secondary N) is 3. The predicted octanol–water partition coefficient (Wildman–Crippen LogP) is 2.57. The van der Waals surface area contributed by atoms with E-state index in [2.05, 4.69) is 39.2 Å². The Labute approximate surface area is 192 Å². The van der Waals surface area contributed by atoms with E-state index in [-0.39, 0.29) is 10.9 Å². The van der Waals surface area contributed by atoms with Crippen LogP contribution in [0.15, 0.2) is 47.5 Å². The first-order chi connectivity index (χ1) is 15.9. The van der Waals surface area contributed by atoms with Crippen LogP contribution in [0.25, 0.3) is 0 Å². The fourth-order valence-electron chi connectivity index (χ4n) is 3.58. The predicted molar refractivity (Wildman–Crippen MR) is 127 cm³/mol. The maximum atomic E-state index is 12.2. The molecule has 1 aliphatic rings. The van der Waals surface area contributed by atoms with Crippen molar-refractivity contribution < 1.29 is 13.2 Å². The summed E-state index contributed by atoms with van der Waals surface area (Å²) in [5.41, 5.74) is 1.44. The molecule has 1 aromatic carbocycles. The number of pyridine rings is 1. The summed E-state index contributed by atoms with van der Waals surface area (Å²) in [5.74, 6) is 7.83. The van der Waals surface area contributed by atoms with Crippen molar-refractivity contribution >= 4 is 33.5 Å². The number of morpholine rings is 1. The third kappa shape index (κ3) is 5.05. The zero-order valence-corrected chi connectivity index (χ0v) is 19.1. The third-order valence-corrected chi connectivity index (χ3v) is 6.38. The van der Waals surface area contributed by atoms with Gasteiger partial charge in [-0.2, -0.15) is 5.10 Å². The molecule has 3 aromatic rings. The van der Waals surface area contributed by atoms with E-state index >= 15 is 0 Å². The quantitative estimate of drug-likeness (QED) is 0.392. The van der Waals surface area contributed by atoms with E-state index in [1.54, 1.807) is 30.5 Å². The van der Waals surface area contributed by atoms with Crippen molar-refractivity contribution in [2.24, 2.45) is 0 Å². The lowest BCUT2D eigenvalue weighted by atomic mass is 10.1. The molecule has 170 valence electrons. The minimum atomic E-state index is -3.43. The number of ether oxygens (including phenoxy) is 1. The highest BCUT2D eigenvalue weighted by Crippen LogP contribution is 2.27. The summed E-state index contributed by atoms with van der Waals surface area (Å²) in [6, 6.07) is 10.3. The fraction of sp³-hybridized carbons (Fsp3) is 0.261. The lowest BCUT2D eigenvalue weighted by molar-refractivity contribution is 0.0985. The Morgan fingerprint density at radius 1 is 1.27 bits per heavy atom. The Morgan fingerprint density at radius 2 is 2.06 bits per heavy atom. The van der Waals surface area contributed by atoms with E-state index < -0.39 is 9.84 Å². The first-order valence-corrected chi connectivity index (χ1v) is 12.2. The average Bonchev–Trinajstić information content (AvgIpc) is 3.30. The normalized spacial score (nSPS) is 16.1. The van der Waals surface area contributed by atoms with Crippen molar-refractivity contribution in [3.63, 3.8) is 0 Å². The number of hydrogen-bond donors (Lipinski definition) is 3. The Morgan fingerprint density at radius 3 is 2.76 bits per heavy atom. The van der Waals surface area contributed by atoms with Gasteiger partial charge in [-0.1, -0.05) is 24.0 Å². The molecule has 33 heavy (non-hydrogen) atoms. The number of benzene rings is 1. The van der Waals surface area contributed by atoms with E-state index in [1.807, 2.05) is 6.07 Å². The second-order valence-corrected chi connectivity index (χ2v) is 9.65. The molecular formula is C23H24N6O3S. The molecule has 4 rings (SSSR count). The van der Waals surface area contributed by atoms with E-state index in [4.69, 9.17) is 15.1 Å². The van der Waals surface area contributed by atoms with Gasteiger partial charge in [0.25, 0.3) is 0 Å². The van der Waals surface area contributed by atoms with Crippen LogP contribution in [0.1, 0.15) is 23.6 Å². The minimum Gasteiger partial charge on any atom is -0.377 e. The first kappa shape index (κ1) is 22.5. The lowest BCUT2D eigenvalue weighted by Crippen LogP contribution is -2.44. The molecule has 2 aromatic heterocycles. The number of H-pyrrole nitrogens is 1. The van der Waals surface area contributed by atoms with Gasteiger partial charge in [-0.05, 0) is 25.1 Å². The molecule has 0 bridgehead atoms. The van der Waals surface area contributed by atoms with Crippen molar-refractivity contribution in [1.29, 1.82) is 5.41 Å². The topological polar surface area (TPSA) is 124 Å². The van der Waals surface area contributed by atoms with Crippen molar-refractivity contribution in [2.75, 3.05) is 36.2 Å². The Kier molecular flexibility index (Phi) is 6.44. The molecule has 0 saturated carbocycles. The Bertz CT molecular complexity index is 1330. The van der Waals surface area contributed by atoms with Crippen LogP contribution in [-0.4, -0.2) is 61.9 Å². The van der Waals surface area contributed by atoms with Crippen LogP contribution in [0.5, 0.6) is 0 Å².